The monoisotopic (exact) mass is 350 g/mol. The van der Waals surface area contributed by atoms with Crippen molar-refractivity contribution < 1.29 is 9.59 Å². The summed E-state index contributed by atoms with van der Waals surface area (Å²) in [6, 6.07) is 16.0. The number of likely N-dealkylation sites (tertiary alicyclic amines) is 1. The second kappa shape index (κ2) is 8.28. The molecule has 0 spiro atoms. The van der Waals surface area contributed by atoms with E-state index in [9.17, 15) is 9.59 Å². The molecule has 0 saturated carbocycles. The number of Topliss-reactive ketones (excluding diaryl/α,β-unsaturated/α-hetero) is 1. The van der Waals surface area contributed by atoms with Gasteiger partial charge in [0.1, 0.15) is 0 Å². The standard InChI is InChI=1S/C22H26N2O2/c1-16-6-3-4-7-20(16)21-8-5-14-24(21)15-13-22(26)23-19-11-9-18(10-12-19)17(2)25/h3-4,6-7,9-12,21H,5,8,13-15H2,1-2H3,(H,23,26). The molecule has 26 heavy (non-hydrogen) atoms. The Kier molecular flexibility index (Phi) is 5.84. The van der Waals surface area contributed by atoms with Crippen molar-refractivity contribution in [3.8, 4) is 0 Å². The molecule has 1 N–H and O–H groups in total. The number of rotatable bonds is 6. The predicted molar refractivity (Wildman–Crippen MR) is 104 cm³/mol. The normalized spacial score (nSPS) is 17.2. The minimum atomic E-state index is 0.0102. The van der Waals surface area contributed by atoms with Gasteiger partial charge in [0.15, 0.2) is 5.78 Å². The Morgan fingerprint density at radius 3 is 2.54 bits per heavy atom. The van der Waals surface area contributed by atoms with Gasteiger partial charge in [-0.1, -0.05) is 24.3 Å². The van der Waals surface area contributed by atoms with Crippen molar-refractivity contribution >= 4 is 17.4 Å². The number of aryl methyl sites for hydroxylation is 1. The van der Waals surface area contributed by atoms with Crippen LogP contribution in [0.3, 0.4) is 0 Å². The highest BCUT2D eigenvalue weighted by Crippen LogP contribution is 2.33. The van der Waals surface area contributed by atoms with E-state index >= 15 is 0 Å². The summed E-state index contributed by atoms with van der Waals surface area (Å²) in [5.74, 6) is 0.0372. The molecular formula is C22H26N2O2. The summed E-state index contributed by atoms with van der Waals surface area (Å²) in [7, 11) is 0. The van der Waals surface area contributed by atoms with Crippen molar-refractivity contribution in [3.63, 3.8) is 0 Å². The van der Waals surface area contributed by atoms with Crippen LogP contribution < -0.4 is 5.32 Å². The fourth-order valence-electron chi connectivity index (χ4n) is 3.66. The Bertz CT molecular complexity index is 783. The van der Waals surface area contributed by atoms with Crippen LogP contribution in [-0.2, 0) is 4.79 Å². The van der Waals surface area contributed by atoms with Gasteiger partial charge in [-0.05, 0) is 68.6 Å². The summed E-state index contributed by atoms with van der Waals surface area (Å²) in [5, 5.41) is 2.92. The number of anilines is 1. The molecule has 0 radical (unpaired) electrons. The van der Waals surface area contributed by atoms with Crippen LogP contribution in [0.15, 0.2) is 48.5 Å². The molecule has 1 atom stereocenters. The molecule has 1 fully saturated rings. The second-order valence-electron chi connectivity index (χ2n) is 6.98. The lowest BCUT2D eigenvalue weighted by atomic mass is 9.99. The van der Waals surface area contributed by atoms with Crippen molar-refractivity contribution in [2.75, 3.05) is 18.4 Å². The SMILES string of the molecule is CC(=O)c1ccc(NC(=O)CCN2CCCC2c2ccccc2C)cc1. The van der Waals surface area contributed by atoms with E-state index in [-0.39, 0.29) is 11.7 Å². The molecule has 1 heterocycles. The Labute approximate surface area is 155 Å². The number of carbonyl (C=O) groups is 2. The number of benzene rings is 2. The first-order valence-electron chi connectivity index (χ1n) is 9.25. The molecule has 1 saturated heterocycles. The van der Waals surface area contributed by atoms with Gasteiger partial charge >= 0.3 is 0 Å². The van der Waals surface area contributed by atoms with Crippen LogP contribution in [0.25, 0.3) is 0 Å². The molecule has 2 aromatic carbocycles. The van der Waals surface area contributed by atoms with E-state index in [0.717, 1.165) is 25.2 Å². The zero-order valence-corrected chi connectivity index (χ0v) is 15.5. The minimum Gasteiger partial charge on any atom is -0.326 e. The molecule has 0 bridgehead atoms. The van der Waals surface area contributed by atoms with Crippen molar-refractivity contribution in [2.45, 2.75) is 39.2 Å². The third kappa shape index (κ3) is 4.38. The van der Waals surface area contributed by atoms with Crippen molar-refractivity contribution in [1.29, 1.82) is 0 Å². The Morgan fingerprint density at radius 1 is 1.12 bits per heavy atom. The lowest BCUT2D eigenvalue weighted by molar-refractivity contribution is -0.116. The smallest absolute Gasteiger partial charge is 0.225 e. The summed E-state index contributed by atoms with van der Waals surface area (Å²) in [4.78, 5) is 26.0. The van der Waals surface area contributed by atoms with Crippen LogP contribution in [0.2, 0.25) is 0 Å². The lowest BCUT2D eigenvalue weighted by Gasteiger charge is -2.25. The lowest BCUT2D eigenvalue weighted by Crippen LogP contribution is -2.28. The first-order valence-corrected chi connectivity index (χ1v) is 9.25. The highest BCUT2D eigenvalue weighted by molar-refractivity contribution is 5.95. The molecule has 0 aliphatic carbocycles. The molecule has 0 aromatic heterocycles. The van der Waals surface area contributed by atoms with Gasteiger partial charge in [-0.25, -0.2) is 0 Å². The van der Waals surface area contributed by atoms with E-state index in [1.165, 1.54) is 24.5 Å². The predicted octanol–water partition coefficient (Wildman–Crippen LogP) is 4.36. The average molecular weight is 350 g/mol. The Morgan fingerprint density at radius 2 is 1.85 bits per heavy atom. The molecular weight excluding hydrogens is 324 g/mol. The summed E-state index contributed by atoms with van der Waals surface area (Å²) < 4.78 is 0. The summed E-state index contributed by atoms with van der Waals surface area (Å²) in [6.07, 6.45) is 2.79. The summed E-state index contributed by atoms with van der Waals surface area (Å²) in [5.41, 5.74) is 4.09. The van der Waals surface area contributed by atoms with E-state index in [0.29, 0.717) is 18.0 Å². The van der Waals surface area contributed by atoms with Gasteiger partial charge in [-0.2, -0.15) is 0 Å². The fraction of sp³-hybridized carbons (Fsp3) is 0.364. The average Bonchev–Trinajstić information content (AvgIpc) is 3.09. The third-order valence-electron chi connectivity index (χ3n) is 5.11. The molecule has 1 amide bonds. The maximum Gasteiger partial charge on any atom is 0.225 e. The molecule has 2 aromatic rings. The van der Waals surface area contributed by atoms with Crippen molar-refractivity contribution in [3.05, 3.63) is 65.2 Å². The second-order valence-corrected chi connectivity index (χ2v) is 6.98. The number of hydrogen-bond acceptors (Lipinski definition) is 3. The number of nitrogens with zero attached hydrogens (tertiary/aromatic N) is 1. The number of amides is 1. The first-order chi connectivity index (χ1) is 12.5. The van der Waals surface area contributed by atoms with Crippen LogP contribution in [0.1, 0.15) is 53.7 Å². The van der Waals surface area contributed by atoms with E-state index in [1.807, 2.05) is 0 Å². The zero-order chi connectivity index (χ0) is 18.5. The number of ketones is 1. The van der Waals surface area contributed by atoms with Crippen LogP contribution >= 0.6 is 0 Å². The van der Waals surface area contributed by atoms with Crippen LogP contribution in [-0.4, -0.2) is 29.7 Å². The van der Waals surface area contributed by atoms with Gasteiger partial charge in [-0.15, -0.1) is 0 Å². The maximum absolute atomic E-state index is 12.3. The first kappa shape index (κ1) is 18.3. The van der Waals surface area contributed by atoms with Gasteiger partial charge in [0, 0.05) is 30.3 Å². The van der Waals surface area contributed by atoms with Gasteiger partial charge in [0.25, 0.3) is 0 Å². The fourth-order valence-corrected chi connectivity index (χ4v) is 3.66. The zero-order valence-electron chi connectivity index (χ0n) is 15.5. The number of nitrogens with one attached hydrogen (secondary N) is 1. The molecule has 136 valence electrons. The van der Waals surface area contributed by atoms with Gasteiger partial charge in [0.05, 0.1) is 0 Å². The van der Waals surface area contributed by atoms with Crippen molar-refractivity contribution in [2.24, 2.45) is 0 Å². The van der Waals surface area contributed by atoms with Crippen LogP contribution in [0.4, 0.5) is 5.69 Å². The van der Waals surface area contributed by atoms with E-state index in [1.54, 1.807) is 24.3 Å². The highest BCUT2D eigenvalue weighted by atomic mass is 16.1. The third-order valence-corrected chi connectivity index (χ3v) is 5.11. The Balaban J connectivity index is 1.55. The molecule has 4 nitrogen and oxygen atoms in total. The van der Waals surface area contributed by atoms with Gasteiger partial charge < -0.3 is 5.32 Å². The molecule has 1 aliphatic rings. The molecule has 3 rings (SSSR count). The van der Waals surface area contributed by atoms with E-state index in [4.69, 9.17) is 0 Å². The molecule has 1 unspecified atom stereocenters. The van der Waals surface area contributed by atoms with E-state index in [2.05, 4.69) is 41.4 Å². The van der Waals surface area contributed by atoms with Gasteiger partial charge in [-0.3, -0.25) is 14.5 Å². The topological polar surface area (TPSA) is 49.4 Å². The van der Waals surface area contributed by atoms with Crippen molar-refractivity contribution in [1.82, 2.24) is 4.90 Å². The number of hydrogen-bond donors (Lipinski definition) is 1. The Hall–Kier alpha value is -2.46. The minimum absolute atomic E-state index is 0.0102. The van der Waals surface area contributed by atoms with Gasteiger partial charge in [0.2, 0.25) is 5.91 Å². The highest BCUT2D eigenvalue weighted by Gasteiger charge is 2.26. The maximum atomic E-state index is 12.3. The summed E-state index contributed by atoms with van der Waals surface area (Å²) in [6.45, 7) is 5.49. The number of carbonyl (C=O) groups excluding carboxylic acids is 2. The molecule has 1 aliphatic heterocycles. The van der Waals surface area contributed by atoms with Crippen LogP contribution in [0.5, 0.6) is 0 Å². The quantitative estimate of drug-likeness (QED) is 0.787. The summed E-state index contributed by atoms with van der Waals surface area (Å²) >= 11 is 0. The molecule has 4 heteroatoms. The largest absolute Gasteiger partial charge is 0.326 e. The van der Waals surface area contributed by atoms with E-state index < -0.39 is 0 Å². The van der Waals surface area contributed by atoms with Crippen LogP contribution in [0, 0.1) is 6.92 Å².